The Kier molecular flexibility index (Phi) is 5.22. The Labute approximate surface area is 170 Å². The second kappa shape index (κ2) is 8.13. The van der Waals surface area contributed by atoms with Crippen LogP contribution < -0.4 is 9.47 Å². The molecule has 0 aromatic heterocycles. The first-order chi connectivity index (χ1) is 14.5. The lowest BCUT2D eigenvalue weighted by atomic mass is 10.1. The fourth-order valence-electron chi connectivity index (χ4n) is 2.83. The highest BCUT2D eigenvalue weighted by Gasteiger charge is 2.11. The zero-order chi connectivity index (χ0) is 21.1. The third kappa shape index (κ3) is 4.33. The molecule has 0 aliphatic rings. The minimum absolute atomic E-state index is 0.221. The van der Waals surface area contributed by atoms with Crippen molar-refractivity contribution in [2.45, 2.75) is 0 Å². The lowest BCUT2D eigenvalue weighted by Crippen LogP contribution is -2.08. The van der Waals surface area contributed by atoms with Crippen molar-refractivity contribution < 1.29 is 27.8 Å². The van der Waals surface area contributed by atoms with E-state index >= 15 is 0 Å². The zero-order valence-corrected chi connectivity index (χ0v) is 15.5. The Morgan fingerprint density at radius 1 is 0.533 bits per heavy atom. The van der Waals surface area contributed by atoms with Crippen LogP contribution in [-0.4, -0.2) is 11.9 Å². The van der Waals surface area contributed by atoms with Crippen molar-refractivity contribution in [1.82, 2.24) is 0 Å². The van der Waals surface area contributed by atoms with E-state index < -0.39 is 23.6 Å². The summed E-state index contributed by atoms with van der Waals surface area (Å²) in [5.41, 5.74) is 0.442. The molecule has 0 saturated heterocycles. The molecule has 0 radical (unpaired) electrons. The van der Waals surface area contributed by atoms with E-state index in [1.807, 2.05) is 0 Å². The third-order valence-electron chi connectivity index (χ3n) is 4.36. The van der Waals surface area contributed by atoms with Gasteiger partial charge in [0.2, 0.25) is 0 Å². The van der Waals surface area contributed by atoms with Crippen LogP contribution in [0.15, 0.2) is 84.9 Å². The van der Waals surface area contributed by atoms with Gasteiger partial charge in [-0.15, -0.1) is 0 Å². The van der Waals surface area contributed by atoms with E-state index in [4.69, 9.17) is 9.47 Å². The van der Waals surface area contributed by atoms with Crippen LogP contribution in [0.1, 0.15) is 20.7 Å². The van der Waals surface area contributed by atoms with E-state index in [9.17, 15) is 18.4 Å². The van der Waals surface area contributed by atoms with E-state index in [1.54, 1.807) is 36.4 Å². The van der Waals surface area contributed by atoms with Crippen molar-refractivity contribution in [3.63, 3.8) is 0 Å². The number of fused-ring (bicyclic) bond motifs is 1. The van der Waals surface area contributed by atoms with Gasteiger partial charge >= 0.3 is 11.9 Å². The zero-order valence-electron chi connectivity index (χ0n) is 15.5. The number of hydrogen-bond donors (Lipinski definition) is 0. The first-order valence-electron chi connectivity index (χ1n) is 8.97. The van der Waals surface area contributed by atoms with Gasteiger partial charge < -0.3 is 9.47 Å². The van der Waals surface area contributed by atoms with Gasteiger partial charge in [-0.05, 0) is 83.6 Å². The Morgan fingerprint density at radius 2 is 0.933 bits per heavy atom. The molecule has 0 bridgehead atoms. The predicted molar refractivity (Wildman–Crippen MR) is 107 cm³/mol. The number of halogens is 2. The first kappa shape index (κ1) is 19.3. The summed E-state index contributed by atoms with van der Waals surface area (Å²) in [6.45, 7) is 0. The summed E-state index contributed by atoms with van der Waals surface area (Å²) in [6.07, 6.45) is 0. The highest BCUT2D eigenvalue weighted by molar-refractivity contribution is 5.93. The second-order valence-corrected chi connectivity index (χ2v) is 6.46. The maximum atomic E-state index is 13.0. The van der Waals surface area contributed by atoms with Crippen molar-refractivity contribution in [3.8, 4) is 11.5 Å². The molecule has 0 N–H and O–H groups in total. The number of rotatable bonds is 4. The predicted octanol–water partition coefficient (Wildman–Crippen LogP) is 5.56. The van der Waals surface area contributed by atoms with E-state index in [-0.39, 0.29) is 11.1 Å². The molecule has 6 heteroatoms. The fourth-order valence-corrected chi connectivity index (χ4v) is 2.83. The van der Waals surface area contributed by atoms with Crippen LogP contribution in [0.2, 0.25) is 0 Å². The number of hydrogen-bond acceptors (Lipinski definition) is 4. The number of carbonyl (C=O) groups is 2. The number of benzene rings is 4. The number of ether oxygens (including phenoxy) is 2. The molecule has 0 amide bonds. The lowest BCUT2D eigenvalue weighted by molar-refractivity contribution is 0.0726. The average Bonchev–Trinajstić information content (AvgIpc) is 2.74. The van der Waals surface area contributed by atoms with Crippen molar-refractivity contribution >= 4 is 22.7 Å². The standard InChI is InChI=1S/C24H14F2O4/c25-19-7-1-16(2-8-19)23(27)29-21-11-5-15-6-12-22(14-18(15)13-21)30-24(28)17-3-9-20(26)10-4-17/h1-14H. The normalized spacial score (nSPS) is 10.6. The van der Waals surface area contributed by atoms with Crippen LogP contribution in [0.5, 0.6) is 11.5 Å². The smallest absolute Gasteiger partial charge is 0.343 e. The maximum absolute atomic E-state index is 13.0. The minimum Gasteiger partial charge on any atom is -0.423 e. The van der Waals surface area contributed by atoms with Gasteiger partial charge in [0.1, 0.15) is 23.1 Å². The molecule has 0 aliphatic heterocycles. The third-order valence-corrected chi connectivity index (χ3v) is 4.36. The van der Waals surface area contributed by atoms with Crippen molar-refractivity contribution in [2.24, 2.45) is 0 Å². The molecule has 0 saturated carbocycles. The SMILES string of the molecule is O=C(Oc1ccc2ccc(OC(=O)c3ccc(F)cc3)cc2c1)c1ccc(F)cc1. The van der Waals surface area contributed by atoms with Crippen molar-refractivity contribution in [1.29, 1.82) is 0 Å². The van der Waals surface area contributed by atoms with Crippen molar-refractivity contribution in [2.75, 3.05) is 0 Å². The summed E-state index contributed by atoms with van der Waals surface area (Å²) in [6, 6.07) is 20.1. The average molecular weight is 404 g/mol. The Hall–Kier alpha value is -4.06. The molecule has 148 valence electrons. The van der Waals surface area contributed by atoms with Gasteiger partial charge in [-0.1, -0.05) is 12.1 Å². The summed E-state index contributed by atoms with van der Waals surface area (Å²) >= 11 is 0. The van der Waals surface area contributed by atoms with Crippen LogP contribution in [0.3, 0.4) is 0 Å². The molecular formula is C24H14F2O4. The molecule has 0 heterocycles. The molecule has 0 aliphatic carbocycles. The Balaban J connectivity index is 1.53. The Bertz CT molecular complexity index is 1140. The summed E-state index contributed by atoms with van der Waals surface area (Å²) < 4.78 is 36.7. The highest BCUT2D eigenvalue weighted by Crippen LogP contribution is 2.26. The number of carbonyl (C=O) groups excluding carboxylic acids is 2. The quantitative estimate of drug-likeness (QED) is 0.330. The van der Waals surface area contributed by atoms with Gasteiger partial charge in [-0.3, -0.25) is 0 Å². The molecule has 4 aromatic rings. The largest absolute Gasteiger partial charge is 0.423 e. The molecule has 30 heavy (non-hydrogen) atoms. The molecule has 4 nitrogen and oxygen atoms in total. The molecule has 0 fully saturated rings. The number of esters is 2. The highest BCUT2D eigenvalue weighted by atomic mass is 19.1. The summed E-state index contributed by atoms with van der Waals surface area (Å²) in [5, 5.41) is 1.53. The summed E-state index contributed by atoms with van der Waals surface area (Å²) in [7, 11) is 0. The van der Waals surface area contributed by atoms with E-state index in [0.717, 1.165) is 5.39 Å². The lowest BCUT2D eigenvalue weighted by Gasteiger charge is -2.08. The van der Waals surface area contributed by atoms with Gasteiger partial charge in [0.25, 0.3) is 0 Å². The molecular weight excluding hydrogens is 390 g/mol. The molecule has 0 spiro atoms. The molecule has 4 rings (SSSR count). The molecule has 0 atom stereocenters. The minimum atomic E-state index is -0.617. The second-order valence-electron chi connectivity index (χ2n) is 6.46. The fraction of sp³-hybridized carbons (Fsp3) is 0. The van der Waals surface area contributed by atoms with Gasteiger partial charge in [0.05, 0.1) is 11.1 Å². The van der Waals surface area contributed by atoms with E-state index in [2.05, 4.69) is 0 Å². The topological polar surface area (TPSA) is 52.6 Å². The molecule has 4 aromatic carbocycles. The Morgan fingerprint density at radius 3 is 1.33 bits per heavy atom. The maximum Gasteiger partial charge on any atom is 0.343 e. The monoisotopic (exact) mass is 404 g/mol. The summed E-state index contributed by atoms with van der Waals surface area (Å²) in [4.78, 5) is 24.4. The van der Waals surface area contributed by atoms with E-state index in [1.165, 1.54) is 48.5 Å². The van der Waals surface area contributed by atoms with E-state index in [0.29, 0.717) is 16.9 Å². The van der Waals surface area contributed by atoms with Crippen LogP contribution in [0, 0.1) is 11.6 Å². The molecule has 0 unspecified atom stereocenters. The van der Waals surface area contributed by atoms with Crippen molar-refractivity contribution in [3.05, 3.63) is 108 Å². The van der Waals surface area contributed by atoms with Gasteiger partial charge in [-0.25, -0.2) is 18.4 Å². The van der Waals surface area contributed by atoms with Crippen LogP contribution in [-0.2, 0) is 0 Å². The first-order valence-corrected chi connectivity index (χ1v) is 8.97. The van der Waals surface area contributed by atoms with Gasteiger partial charge in [0, 0.05) is 0 Å². The summed E-state index contributed by atoms with van der Waals surface area (Å²) in [5.74, 6) is -1.54. The van der Waals surface area contributed by atoms with Crippen LogP contribution in [0.25, 0.3) is 10.8 Å². The van der Waals surface area contributed by atoms with Crippen LogP contribution >= 0.6 is 0 Å². The van der Waals surface area contributed by atoms with Gasteiger partial charge in [0.15, 0.2) is 0 Å². The van der Waals surface area contributed by atoms with Crippen LogP contribution in [0.4, 0.5) is 8.78 Å². The van der Waals surface area contributed by atoms with Gasteiger partial charge in [-0.2, -0.15) is 0 Å².